The number of aryl methyl sites for hydroxylation is 1. The predicted octanol–water partition coefficient (Wildman–Crippen LogP) is 4.26. The Kier molecular flexibility index (Phi) is 3.65. The molecule has 19 heavy (non-hydrogen) atoms. The second-order valence-electron chi connectivity index (χ2n) is 4.78. The molecular weight excluding hydrogens is 322 g/mol. The van der Waals surface area contributed by atoms with Gasteiger partial charge in [-0.25, -0.2) is 0 Å². The summed E-state index contributed by atoms with van der Waals surface area (Å²) in [6.45, 7) is 2.93. The van der Waals surface area contributed by atoms with Crippen LogP contribution in [0.2, 0.25) is 0 Å². The van der Waals surface area contributed by atoms with E-state index in [4.69, 9.17) is 4.74 Å². The first kappa shape index (κ1) is 13.2. The number of para-hydroxylation sites is 1. The molecule has 0 fully saturated rings. The van der Waals surface area contributed by atoms with Crippen molar-refractivity contribution in [2.45, 2.75) is 18.9 Å². The van der Waals surface area contributed by atoms with Crippen LogP contribution in [0.5, 0.6) is 5.75 Å². The zero-order valence-corrected chi connectivity index (χ0v) is 13.3. The minimum atomic E-state index is 0.297. The lowest BCUT2D eigenvalue weighted by Gasteiger charge is -2.22. The van der Waals surface area contributed by atoms with Crippen LogP contribution < -0.4 is 10.1 Å². The van der Waals surface area contributed by atoms with Gasteiger partial charge in [-0.05, 0) is 47.6 Å². The highest BCUT2D eigenvalue weighted by Gasteiger charge is 2.32. The fourth-order valence-electron chi connectivity index (χ4n) is 2.80. The van der Waals surface area contributed by atoms with Crippen molar-refractivity contribution in [3.8, 4) is 5.75 Å². The van der Waals surface area contributed by atoms with Crippen molar-refractivity contribution in [2.75, 3.05) is 13.7 Å². The summed E-state index contributed by atoms with van der Waals surface area (Å²) in [4.78, 5) is 1.36. The molecule has 0 saturated carbocycles. The number of rotatable bonds is 3. The Morgan fingerprint density at radius 2 is 2.21 bits per heavy atom. The molecule has 0 saturated heterocycles. The second-order valence-corrected chi connectivity index (χ2v) is 7.42. The van der Waals surface area contributed by atoms with Crippen LogP contribution in [-0.4, -0.2) is 13.7 Å². The summed E-state index contributed by atoms with van der Waals surface area (Å²) in [5.74, 6) is 1.40. The Bertz CT molecular complexity index is 596. The molecule has 0 aliphatic carbocycles. The molecule has 1 N–H and O–H groups in total. The number of hydrogen-bond donors (Lipinski definition) is 1. The molecule has 2 aromatic rings. The normalized spacial score (nSPS) is 19.0. The third-order valence-electron chi connectivity index (χ3n) is 3.71. The number of likely N-dealkylation sites (N-methyl/N-ethyl adjacent to an activating group) is 1. The van der Waals surface area contributed by atoms with Gasteiger partial charge in [-0.1, -0.05) is 18.2 Å². The monoisotopic (exact) mass is 337 g/mol. The standard InChI is InChI=1S/C15H16BrNOS/c1-9-11(7-14(16)19-9)15(17-2)12-8-18-13-6-4-3-5-10(12)13/h3-7,12,15,17H,8H2,1-2H3. The Hall–Kier alpha value is -0.840. The summed E-state index contributed by atoms with van der Waals surface area (Å²) < 4.78 is 7.00. The number of fused-ring (bicyclic) bond motifs is 1. The molecule has 1 aliphatic heterocycles. The molecular formula is C15H16BrNOS. The minimum Gasteiger partial charge on any atom is -0.493 e. The fourth-order valence-corrected chi connectivity index (χ4v) is 4.56. The summed E-state index contributed by atoms with van der Waals surface area (Å²) in [7, 11) is 2.02. The maximum absolute atomic E-state index is 5.81. The van der Waals surface area contributed by atoms with Gasteiger partial charge >= 0.3 is 0 Å². The summed E-state index contributed by atoms with van der Waals surface area (Å²) >= 11 is 5.37. The molecule has 100 valence electrons. The molecule has 0 spiro atoms. The van der Waals surface area contributed by atoms with E-state index < -0.39 is 0 Å². The van der Waals surface area contributed by atoms with E-state index >= 15 is 0 Å². The van der Waals surface area contributed by atoms with Gasteiger partial charge in [-0.2, -0.15) is 0 Å². The average Bonchev–Trinajstić information content (AvgIpc) is 2.96. The van der Waals surface area contributed by atoms with E-state index in [0.29, 0.717) is 12.0 Å². The second kappa shape index (κ2) is 5.27. The minimum absolute atomic E-state index is 0.297. The third-order valence-corrected chi connectivity index (χ3v) is 5.28. The maximum Gasteiger partial charge on any atom is 0.122 e. The molecule has 3 rings (SSSR count). The van der Waals surface area contributed by atoms with E-state index in [-0.39, 0.29) is 0 Å². The summed E-state index contributed by atoms with van der Waals surface area (Å²) in [6.07, 6.45) is 0. The topological polar surface area (TPSA) is 21.3 Å². The molecule has 2 unspecified atom stereocenters. The molecule has 2 atom stereocenters. The zero-order chi connectivity index (χ0) is 13.4. The first-order valence-corrected chi connectivity index (χ1v) is 7.96. The highest BCUT2D eigenvalue weighted by atomic mass is 79.9. The van der Waals surface area contributed by atoms with Crippen molar-refractivity contribution >= 4 is 27.3 Å². The lowest BCUT2D eigenvalue weighted by Crippen LogP contribution is -2.25. The van der Waals surface area contributed by atoms with Crippen molar-refractivity contribution in [1.82, 2.24) is 5.32 Å². The summed E-state index contributed by atoms with van der Waals surface area (Å²) in [5.41, 5.74) is 2.67. The number of benzene rings is 1. The van der Waals surface area contributed by atoms with E-state index in [1.54, 1.807) is 11.3 Å². The Morgan fingerprint density at radius 3 is 2.89 bits per heavy atom. The van der Waals surface area contributed by atoms with Crippen LogP contribution in [0.4, 0.5) is 0 Å². The molecule has 1 aromatic carbocycles. The summed E-state index contributed by atoms with van der Waals surface area (Å²) in [6, 6.07) is 10.9. The molecule has 2 heterocycles. The Morgan fingerprint density at radius 1 is 1.42 bits per heavy atom. The van der Waals surface area contributed by atoms with E-state index in [2.05, 4.69) is 52.4 Å². The highest BCUT2D eigenvalue weighted by Crippen LogP contribution is 2.43. The molecule has 4 heteroatoms. The lowest BCUT2D eigenvalue weighted by atomic mass is 9.89. The fraction of sp³-hybridized carbons (Fsp3) is 0.333. The van der Waals surface area contributed by atoms with Gasteiger partial charge in [-0.15, -0.1) is 11.3 Å². The average molecular weight is 338 g/mol. The van der Waals surface area contributed by atoms with Crippen molar-refractivity contribution in [3.05, 3.63) is 50.1 Å². The Balaban J connectivity index is 1.99. The highest BCUT2D eigenvalue weighted by molar-refractivity contribution is 9.11. The van der Waals surface area contributed by atoms with Crippen LogP contribution in [-0.2, 0) is 0 Å². The number of nitrogens with one attached hydrogen (secondary N) is 1. The summed E-state index contributed by atoms with van der Waals surface area (Å²) in [5, 5.41) is 3.46. The van der Waals surface area contributed by atoms with Gasteiger partial charge in [0, 0.05) is 22.4 Å². The van der Waals surface area contributed by atoms with E-state index in [1.807, 2.05) is 13.1 Å². The molecule has 1 aromatic heterocycles. The van der Waals surface area contributed by atoms with Gasteiger partial charge in [0.1, 0.15) is 5.75 Å². The van der Waals surface area contributed by atoms with Crippen molar-refractivity contribution < 1.29 is 4.74 Å². The van der Waals surface area contributed by atoms with Gasteiger partial charge in [0.05, 0.1) is 10.4 Å². The van der Waals surface area contributed by atoms with Crippen molar-refractivity contribution in [1.29, 1.82) is 0 Å². The first-order chi connectivity index (χ1) is 9.20. The van der Waals surface area contributed by atoms with Gasteiger partial charge in [0.15, 0.2) is 0 Å². The van der Waals surface area contributed by atoms with Gasteiger partial charge < -0.3 is 10.1 Å². The molecule has 0 radical (unpaired) electrons. The Labute approximate surface area is 125 Å². The van der Waals surface area contributed by atoms with Gasteiger partial charge in [0.25, 0.3) is 0 Å². The number of halogens is 1. The van der Waals surface area contributed by atoms with Crippen molar-refractivity contribution in [2.24, 2.45) is 0 Å². The van der Waals surface area contributed by atoms with Crippen LogP contribution in [0.15, 0.2) is 34.1 Å². The molecule has 2 nitrogen and oxygen atoms in total. The molecule has 0 bridgehead atoms. The number of thiophene rings is 1. The van der Waals surface area contributed by atoms with Crippen LogP contribution in [0.3, 0.4) is 0 Å². The lowest BCUT2D eigenvalue weighted by molar-refractivity contribution is 0.304. The van der Waals surface area contributed by atoms with E-state index in [1.165, 1.54) is 19.8 Å². The number of hydrogen-bond acceptors (Lipinski definition) is 3. The zero-order valence-electron chi connectivity index (χ0n) is 10.9. The van der Waals surface area contributed by atoms with Crippen LogP contribution in [0, 0.1) is 6.92 Å². The molecule has 0 amide bonds. The first-order valence-electron chi connectivity index (χ1n) is 6.35. The quantitative estimate of drug-likeness (QED) is 0.903. The van der Waals surface area contributed by atoms with E-state index in [0.717, 1.165) is 12.4 Å². The predicted molar refractivity (Wildman–Crippen MR) is 83.2 cm³/mol. The van der Waals surface area contributed by atoms with Crippen LogP contribution in [0.25, 0.3) is 0 Å². The smallest absolute Gasteiger partial charge is 0.122 e. The van der Waals surface area contributed by atoms with Crippen LogP contribution >= 0.6 is 27.3 Å². The third kappa shape index (κ3) is 2.33. The largest absolute Gasteiger partial charge is 0.493 e. The maximum atomic E-state index is 5.81. The van der Waals surface area contributed by atoms with Gasteiger partial charge in [0.2, 0.25) is 0 Å². The number of ether oxygens (including phenoxy) is 1. The van der Waals surface area contributed by atoms with Crippen molar-refractivity contribution in [3.63, 3.8) is 0 Å². The molecule has 1 aliphatic rings. The SMILES string of the molecule is CNC(c1cc(Br)sc1C)C1COc2ccccc21. The van der Waals surface area contributed by atoms with E-state index in [9.17, 15) is 0 Å². The van der Waals surface area contributed by atoms with Gasteiger partial charge in [-0.3, -0.25) is 0 Å². The van der Waals surface area contributed by atoms with Crippen LogP contribution in [0.1, 0.15) is 28.0 Å².